The van der Waals surface area contributed by atoms with Crippen LogP contribution in [0, 0.1) is 27.7 Å². The first-order chi connectivity index (χ1) is 55.3. The van der Waals surface area contributed by atoms with Crippen molar-refractivity contribution in [1.82, 2.24) is 24.9 Å². The highest BCUT2D eigenvalue weighted by atomic mass is 16.3. The summed E-state index contributed by atoms with van der Waals surface area (Å²) in [7, 11) is 0. The van der Waals surface area contributed by atoms with Crippen molar-refractivity contribution in [3.63, 3.8) is 0 Å². The van der Waals surface area contributed by atoms with E-state index in [2.05, 4.69) is 334 Å². The van der Waals surface area contributed by atoms with Crippen molar-refractivity contribution in [1.29, 1.82) is 0 Å². The van der Waals surface area contributed by atoms with Crippen LogP contribution in [0.25, 0.3) is 166 Å². The second-order valence-electron chi connectivity index (χ2n) is 31.5. The number of aromatic nitrogens is 5. The first-order valence-electron chi connectivity index (χ1n) is 39.7. The first-order valence-corrected chi connectivity index (χ1v) is 39.7. The van der Waals surface area contributed by atoms with Gasteiger partial charge in [0.2, 0.25) is 5.71 Å². The van der Waals surface area contributed by atoms with Crippen molar-refractivity contribution in [3.05, 3.63) is 330 Å². The standard InChI is InChI=1S/4C21H19NO.C20H17NO/c1-13(2)16-11-19-18-9-5-8-17(15-7-4-6-14(3)10-15)20(18)23-21(19)22-12-16;1-13(2)18-11-22-12-19-17-9-5-8-16(20(17)23-21(18)19)15-7-4-6-14(3)10-15;1-13(2)16-10-11-22-19-18-9-5-8-17(20(18)23-21(16)19)15-7-4-6-14(3)12-15;1-13(2)19-21-18(10-11-22-19)17-9-5-8-16(20(17)23-21)15-7-4-6-14(3)12-15;1-13(2)15-9-6-10-17-18-20(22-19(15)17)16(11-12-21-18)14-7-4-3-5-8-14/h4*4-13H,1-3H3;3-13H,1-2H3. The van der Waals surface area contributed by atoms with E-state index in [-0.39, 0.29) is 0 Å². The number of fused-ring (bicyclic) bond motifs is 15. The molecule has 10 aromatic carbocycles. The number of hydrogen-bond donors (Lipinski definition) is 0. The van der Waals surface area contributed by atoms with Crippen LogP contribution in [0.5, 0.6) is 0 Å². The molecular formula is C104H93N5O5. The Morgan fingerprint density at radius 1 is 0.237 bits per heavy atom. The summed E-state index contributed by atoms with van der Waals surface area (Å²) in [6.07, 6.45) is 11.4. The lowest BCUT2D eigenvalue weighted by atomic mass is 10.00. The number of furan rings is 5. The van der Waals surface area contributed by atoms with Crippen LogP contribution in [0.15, 0.2) is 302 Å². The maximum atomic E-state index is 6.33. The van der Waals surface area contributed by atoms with Gasteiger partial charge in [-0.3, -0.25) is 19.9 Å². The predicted octanol–water partition coefficient (Wildman–Crippen LogP) is 30.1. The maximum absolute atomic E-state index is 6.33. The van der Waals surface area contributed by atoms with E-state index in [1.165, 1.54) is 61.2 Å². The van der Waals surface area contributed by atoms with Gasteiger partial charge in [-0.05, 0) is 133 Å². The fourth-order valence-corrected chi connectivity index (χ4v) is 15.6. The SMILES string of the molecule is CC(C)c1cccc2c1oc1c(-c3ccccc3)ccnc12.Cc1cccc(-c2cccc3c2oc2c(C(C)C)ccnc23)c1.Cc1cccc(-c2cccc3c2oc2c(C(C)C)cncc23)c1.Cc1cccc(-c2cccc3c2oc2c(C(C)C)nccc23)c1.Cc1cccc(-c2cccc3c2oc2ncc(C(C)C)cc23)c1. The number of nitrogens with zero attached hydrogens (tertiary/aromatic N) is 5. The van der Waals surface area contributed by atoms with E-state index in [0.29, 0.717) is 35.3 Å². The summed E-state index contributed by atoms with van der Waals surface area (Å²) in [5, 5.41) is 8.95. The topological polar surface area (TPSA) is 130 Å². The van der Waals surface area contributed by atoms with Gasteiger partial charge in [0.05, 0.1) is 5.69 Å². The van der Waals surface area contributed by atoms with Gasteiger partial charge < -0.3 is 22.1 Å². The van der Waals surface area contributed by atoms with Crippen LogP contribution in [0.1, 0.15) is 149 Å². The number of rotatable bonds is 10. The third kappa shape index (κ3) is 14.7. The quantitative estimate of drug-likeness (QED) is 0.130. The van der Waals surface area contributed by atoms with Gasteiger partial charge in [-0.15, -0.1) is 0 Å². The lowest BCUT2D eigenvalue weighted by molar-refractivity contribution is 0.651. The van der Waals surface area contributed by atoms with E-state index in [1.807, 2.05) is 67.5 Å². The molecule has 0 atom stereocenters. The molecule has 0 saturated heterocycles. The van der Waals surface area contributed by atoms with Gasteiger partial charge in [-0.2, -0.15) is 0 Å². The van der Waals surface area contributed by atoms with Crippen molar-refractivity contribution < 1.29 is 22.1 Å². The molecule has 0 unspecified atom stereocenters. The van der Waals surface area contributed by atoms with E-state index in [1.54, 1.807) is 0 Å². The zero-order chi connectivity index (χ0) is 79.0. The summed E-state index contributed by atoms with van der Waals surface area (Å²) in [4.78, 5) is 22.6. The van der Waals surface area contributed by atoms with E-state index < -0.39 is 0 Å². The Balaban J connectivity index is 0.000000107. The van der Waals surface area contributed by atoms with Crippen molar-refractivity contribution in [2.24, 2.45) is 0 Å². The molecule has 564 valence electrons. The van der Waals surface area contributed by atoms with E-state index >= 15 is 0 Å². The van der Waals surface area contributed by atoms with Gasteiger partial charge in [-0.1, -0.05) is 298 Å². The van der Waals surface area contributed by atoms with Crippen LogP contribution in [-0.2, 0) is 0 Å². The average Bonchev–Trinajstić information content (AvgIpc) is 1.63. The van der Waals surface area contributed by atoms with Crippen LogP contribution in [0.3, 0.4) is 0 Å². The smallest absolute Gasteiger partial charge is 0.227 e. The Morgan fingerprint density at radius 3 is 1.16 bits per heavy atom. The largest absolute Gasteiger partial charge is 0.455 e. The highest BCUT2D eigenvalue weighted by Gasteiger charge is 2.23. The number of aryl methyl sites for hydroxylation is 4. The summed E-state index contributed by atoms with van der Waals surface area (Å²) >= 11 is 0. The highest BCUT2D eigenvalue weighted by Crippen LogP contribution is 2.44. The Morgan fingerprint density at radius 2 is 0.632 bits per heavy atom. The lowest BCUT2D eigenvalue weighted by Gasteiger charge is -2.04. The molecule has 0 amide bonds. The minimum atomic E-state index is 0.335. The summed E-state index contributed by atoms with van der Waals surface area (Å²) in [6.45, 7) is 30.2. The van der Waals surface area contributed by atoms with Crippen molar-refractivity contribution in [2.45, 2.75) is 127 Å². The molecule has 0 aliphatic carbocycles. The van der Waals surface area contributed by atoms with E-state index in [9.17, 15) is 0 Å². The van der Waals surface area contributed by atoms with Gasteiger partial charge in [0.1, 0.15) is 44.5 Å². The molecular weight excluding hydrogens is 1400 g/mol. The first kappa shape index (κ1) is 75.0. The number of pyridine rings is 5. The Hall–Kier alpha value is -13.1. The molecule has 10 heterocycles. The van der Waals surface area contributed by atoms with Crippen LogP contribution in [-0.4, -0.2) is 24.9 Å². The lowest BCUT2D eigenvalue weighted by Crippen LogP contribution is -1.91. The van der Waals surface area contributed by atoms with Gasteiger partial charge in [0, 0.05) is 119 Å². The molecule has 114 heavy (non-hydrogen) atoms. The minimum absolute atomic E-state index is 0.335. The molecule has 0 aliphatic rings. The monoisotopic (exact) mass is 1490 g/mol. The second-order valence-corrected chi connectivity index (χ2v) is 31.5. The number of hydrogen-bond acceptors (Lipinski definition) is 10. The summed E-state index contributed by atoms with van der Waals surface area (Å²) in [5.41, 5.74) is 33.3. The molecule has 10 aromatic heterocycles. The molecule has 0 radical (unpaired) electrons. The maximum Gasteiger partial charge on any atom is 0.227 e. The predicted molar refractivity (Wildman–Crippen MR) is 474 cm³/mol. The molecule has 0 spiro atoms. The Kier molecular flexibility index (Phi) is 21.0. The van der Waals surface area contributed by atoms with E-state index in [0.717, 1.165) is 149 Å². The molecule has 20 aromatic rings. The van der Waals surface area contributed by atoms with Crippen LogP contribution in [0.2, 0.25) is 0 Å². The van der Waals surface area contributed by atoms with Crippen molar-refractivity contribution in [3.8, 4) is 55.6 Å². The van der Waals surface area contributed by atoms with Gasteiger partial charge in [0.15, 0.2) is 16.7 Å². The van der Waals surface area contributed by atoms with Crippen LogP contribution in [0.4, 0.5) is 0 Å². The highest BCUT2D eigenvalue weighted by molar-refractivity contribution is 6.13. The summed E-state index contributed by atoms with van der Waals surface area (Å²) in [5.74, 6) is 2.00. The third-order valence-electron chi connectivity index (χ3n) is 21.6. The molecule has 0 fully saturated rings. The van der Waals surface area contributed by atoms with Crippen molar-refractivity contribution in [2.75, 3.05) is 0 Å². The Bertz CT molecular complexity index is 6510. The Labute approximate surface area is 665 Å². The molecule has 0 bridgehead atoms. The molecule has 10 heteroatoms. The molecule has 20 rings (SSSR count). The summed E-state index contributed by atoms with van der Waals surface area (Å²) in [6, 6.07) is 84.4. The second kappa shape index (κ2) is 32.0. The third-order valence-corrected chi connectivity index (χ3v) is 21.6. The minimum Gasteiger partial charge on any atom is -0.455 e. The van der Waals surface area contributed by atoms with Gasteiger partial charge in [0.25, 0.3) is 0 Å². The van der Waals surface area contributed by atoms with Crippen LogP contribution >= 0.6 is 0 Å². The fourth-order valence-electron chi connectivity index (χ4n) is 15.6. The van der Waals surface area contributed by atoms with Gasteiger partial charge >= 0.3 is 0 Å². The summed E-state index contributed by atoms with van der Waals surface area (Å²) < 4.78 is 31.3. The molecule has 0 saturated carbocycles. The normalized spacial score (nSPS) is 11.6. The molecule has 0 aliphatic heterocycles. The zero-order valence-corrected chi connectivity index (χ0v) is 67.2. The fraction of sp³-hybridized carbons (Fsp3) is 0.183. The number of para-hydroxylation sites is 5. The number of benzene rings is 10. The zero-order valence-electron chi connectivity index (χ0n) is 67.2. The average molecular weight is 1490 g/mol. The van der Waals surface area contributed by atoms with E-state index in [4.69, 9.17) is 22.1 Å². The van der Waals surface area contributed by atoms with Crippen LogP contribution < -0.4 is 0 Å². The van der Waals surface area contributed by atoms with Gasteiger partial charge in [-0.25, -0.2) is 4.98 Å². The molecule has 10 nitrogen and oxygen atoms in total. The molecule has 0 N–H and O–H groups in total. The van der Waals surface area contributed by atoms with Crippen molar-refractivity contribution >= 4 is 110 Å².